The number of aryl methyl sites for hydroxylation is 5. The van der Waals surface area contributed by atoms with Crippen molar-refractivity contribution in [3.05, 3.63) is 87.7 Å². The molecule has 1 aromatic heterocycles. The normalized spacial score (nSPS) is 10.5. The monoisotopic (exact) mass is 628 g/mol. The zero-order valence-corrected chi connectivity index (χ0v) is 27.1. The van der Waals surface area contributed by atoms with Crippen LogP contribution in [0.1, 0.15) is 92.6 Å². The first-order valence-corrected chi connectivity index (χ1v) is 13.4. The Morgan fingerprint density at radius 2 is 0.897 bits per heavy atom. The number of hydrogen-bond donors (Lipinski definition) is 0. The first-order chi connectivity index (χ1) is 17.1. The molecule has 213 valence electrons. The summed E-state index contributed by atoms with van der Waals surface area (Å²) in [6.45, 7) is 11.0. The molecule has 0 amide bonds. The van der Waals surface area contributed by atoms with Gasteiger partial charge in [0.1, 0.15) is 0 Å². The molecule has 0 aliphatic carbocycles. The van der Waals surface area contributed by atoms with Crippen LogP contribution in [0.25, 0.3) is 0 Å². The number of halogens is 3. The standard InChI is InChI=1S/C32H41N3.3ClH.Fe/c1-6-12-25-16-10-17-26(13-7-2)31(25)33-22-29-20-24(5)21-30(35-29)23-34-32-27(14-8-3)18-11-19-28(32)15-9-4;;;;/h10-11,16-23H,6-9,12-15H2,1-5H3;3*1H;/q;;;;+3/p-3. The maximum atomic E-state index is 4.96. The van der Waals surface area contributed by atoms with E-state index in [4.69, 9.17) is 15.0 Å². The Hall–Kier alpha value is -1.68. The fourth-order valence-corrected chi connectivity index (χ4v) is 4.62. The molecule has 3 rings (SSSR count). The Morgan fingerprint density at radius 1 is 0.590 bits per heavy atom. The Labute approximate surface area is 265 Å². The topological polar surface area (TPSA) is 37.6 Å². The molecule has 0 unspecified atom stereocenters. The third-order valence-corrected chi connectivity index (χ3v) is 6.14. The zero-order valence-electron chi connectivity index (χ0n) is 23.8. The summed E-state index contributed by atoms with van der Waals surface area (Å²) >= 11 is 0. The van der Waals surface area contributed by atoms with E-state index in [9.17, 15) is 0 Å². The van der Waals surface area contributed by atoms with Gasteiger partial charge in [-0.05, 0) is 72.6 Å². The molecule has 0 aliphatic rings. The Kier molecular flexibility index (Phi) is 21.4. The minimum atomic E-state index is 0. The van der Waals surface area contributed by atoms with Crippen molar-refractivity contribution in [1.29, 1.82) is 0 Å². The minimum Gasteiger partial charge on any atom is -1.00 e. The van der Waals surface area contributed by atoms with Crippen LogP contribution in [0.2, 0.25) is 0 Å². The van der Waals surface area contributed by atoms with Crippen molar-refractivity contribution in [2.24, 2.45) is 9.98 Å². The maximum Gasteiger partial charge on any atom is 3.00 e. The molecular formula is C32H41Cl3FeN3. The van der Waals surface area contributed by atoms with Crippen LogP contribution in [0.15, 0.2) is 58.5 Å². The summed E-state index contributed by atoms with van der Waals surface area (Å²) in [4.78, 5) is 14.8. The molecule has 7 heteroatoms. The molecule has 0 saturated carbocycles. The second kappa shape index (κ2) is 21.1. The third kappa shape index (κ3) is 11.8. The number of aromatic nitrogens is 1. The van der Waals surface area contributed by atoms with Crippen molar-refractivity contribution in [3.63, 3.8) is 0 Å². The molecule has 0 aliphatic heterocycles. The molecule has 3 nitrogen and oxygen atoms in total. The second-order valence-electron chi connectivity index (χ2n) is 9.36. The van der Waals surface area contributed by atoms with Gasteiger partial charge < -0.3 is 37.2 Å². The number of rotatable bonds is 12. The predicted octanol–water partition coefficient (Wildman–Crippen LogP) is -0.289. The minimum absolute atomic E-state index is 0. The molecule has 0 fully saturated rings. The first kappa shape index (κ1) is 39.5. The van der Waals surface area contributed by atoms with Gasteiger partial charge in [0.25, 0.3) is 0 Å². The predicted molar refractivity (Wildman–Crippen MR) is 152 cm³/mol. The van der Waals surface area contributed by atoms with Gasteiger partial charge in [0, 0.05) is 0 Å². The molecule has 0 spiro atoms. The van der Waals surface area contributed by atoms with Crippen LogP contribution >= 0.6 is 0 Å². The average molecular weight is 630 g/mol. The fourth-order valence-electron chi connectivity index (χ4n) is 4.62. The van der Waals surface area contributed by atoms with E-state index in [1.165, 1.54) is 22.3 Å². The number of benzene rings is 2. The number of hydrogen-bond acceptors (Lipinski definition) is 3. The van der Waals surface area contributed by atoms with Crippen LogP contribution < -0.4 is 37.2 Å². The Bertz CT molecular complexity index is 1040. The number of aliphatic imine (C=N–C) groups is 2. The van der Waals surface area contributed by atoms with Crippen LogP contribution in [-0.2, 0) is 42.8 Å². The van der Waals surface area contributed by atoms with Crippen molar-refractivity contribution in [2.75, 3.05) is 0 Å². The van der Waals surface area contributed by atoms with E-state index >= 15 is 0 Å². The van der Waals surface area contributed by atoms with Gasteiger partial charge in [-0.25, -0.2) is 4.98 Å². The van der Waals surface area contributed by atoms with E-state index in [-0.39, 0.29) is 54.3 Å². The van der Waals surface area contributed by atoms with Crippen LogP contribution in [0.4, 0.5) is 11.4 Å². The van der Waals surface area contributed by atoms with Crippen LogP contribution in [0.3, 0.4) is 0 Å². The van der Waals surface area contributed by atoms with Gasteiger partial charge in [-0.3, -0.25) is 9.98 Å². The summed E-state index contributed by atoms with van der Waals surface area (Å²) in [6, 6.07) is 17.3. The van der Waals surface area contributed by atoms with E-state index in [0.717, 1.165) is 79.7 Å². The van der Waals surface area contributed by atoms with Crippen molar-refractivity contribution >= 4 is 23.8 Å². The van der Waals surface area contributed by atoms with E-state index in [2.05, 4.69) is 83.1 Å². The van der Waals surface area contributed by atoms with Gasteiger partial charge in [0.15, 0.2) is 0 Å². The van der Waals surface area contributed by atoms with Crippen LogP contribution in [0, 0.1) is 6.92 Å². The van der Waals surface area contributed by atoms with Crippen molar-refractivity contribution in [2.45, 2.75) is 86.0 Å². The van der Waals surface area contributed by atoms with Gasteiger partial charge in [-0.1, -0.05) is 89.8 Å². The molecule has 2 aromatic carbocycles. The quantitative estimate of drug-likeness (QED) is 0.201. The van der Waals surface area contributed by atoms with E-state index in [1.54, 1.807) is 0 Å². The van der Waals surface area contributed by atoms with E-state index in [1.807, 2.05) is 12.4 Å². The molecule has 39 heavy (non-hydrogen) atoms. The maximum absolute atomic E-state index is 4.96. The van der Waals surface area contributed by atoms with E-state index in [0.29, 0.717) is 0 Å². The zero-order chi connectivity index (χ0) is 25.0. The SMILES string of the molecule is CCCc1cccc(CCC)c1N=Cc1cc(C)cc(C=Nc2c(CCC)cccc2CCC)n1.[Cl-].[Cl-].[Cl-].[Fe+3]. The number of nitrogens with zero attached hydrogens (tertiary/aromatic N) is 3. The molecular weight excluding hydrogens is 589 g/mol. The van der Waals surface area contributed by atoms with Crippen LogP contribution in [-0.4, -0.2) is 17.4 Å². The van der Waals surface area contributed by atoms with Crippen molar-refractivity contribution < 1.29 is 54.3 Å². The smallest absolute Gasteiger partial charge is 1.00 e. The summed E-state index contributed by atoms with van der Waals surface area (Å²) < 4.78 is 0. The first-order valence-electron chi connectivity index (χ1n) is 13.4. The van der Waals surface area contributed by atoms with Gasteiger partial charge in [-0.2, -0.15) is 0 Å². The molecule has 0 saturated heterocycles. The molecule has 0 atom stereocenters. The summed E-state index contributed by atoms with van der Waals surface area (Å²) in [7, 11) is 0. The fraction of sp³-hybridized carbons (Fsp3) is 0.406. The Morgan fingerprint density at radius 3 is 1.18 bits per heavy atom. The van der Waals surface area contributed by atoms with Gasteiger partial charge in [-0.15, -0.1) is 0 Å². The molecule has 0 bridgehead atoms. The van der Waals surface area contributed by atoms with Gasteiger partial charge in [0.2, 0.25) is 0 Å². The molecule has 1 radical (unpaired) electrons. The molecule has 1 heterocycles. The van der Waals surface area contributed by atoms with Gasteiger partial charge >= 0.3 is 17.1 Å². The summed E-state index contributed by atoms with van der Waals surface area (Å²) in [6.07, 6.45) is 12.5. The number of pyridine rings is 1. The average Bonchev–Trinajstić information content (AvgIpc) is 2.84. The van der Waals surface area contributed by atoms with Crippen molar-refractivity contribution in [1.82, 2.24) is 4.98 Å². The second-order valence-corrected chi connectivity index (χ2v) is 9.36. The molecule has 0 N–H and O–H groups in total. The summed E-state index contributed by atoms with van der Waals surface area (Å²) in [5.41, 5.74) is 10.4. The van der Waals surface area contributed by atoms with Gasteiger partial charge in [0.05, 0.1) is 35.2 Å². The summed E-state index contributed by atoms with van der Waals surface area (Å²) in [5.74, 6) is 0. The largest absolute Gasteiger partial charge is 3.00 e. The summed E-state index contributed by atoms with van der Waals surface area (Å²) in [5, 5.41) is 0. The third-order valence-electron chi connectivity index (χ3n) is 6.14. The van der Waals surface area contributed by atoms with E-state index < -0.39 is 0 Å². The Balaban J connectivity index is 0. The number of para-hydroxylation sites is 2. The molecule has 3 aromatic rings. The van der Waals surface area contributed by atoms with Crippen molar-refractivity contribution in [3.8, 4) is 0 Å². The van der Waals surface area contributed by atoms with Crippen LogP contribution in [0.5, 0.6) is 0 Å².